The first-order valence-corrected chi connectivity index (χ1v) is 14.3. The topological polar surface area (TPSA) is 105 Å². The molecule has 0 aliphatic carbocycles. The van der Waals surface area contributed by atoms with Gasteiger partial charge in [-0.1, -0.05) is 58.4 Å². The number of carbonyl (C=O) groups is 4. The lowest BCUT2D eigenvalue weighted by molar-refractivity contribution is -0.131. The van der Waals surface area contributed by atoms with Crippen LogP contribution in [0.1, 0.15) is 53.0 Å². The number of hydrogen-bond donors (Lipinski definition) is 0. The minimum atomic E-state index is -0.614. The minimum Gasteiger partial charge on any atom is -0.497 e. The molecule has 0 aliphatic rings. The largest absolute Gasteiger partial charge is 0.497 e. The number of rotatable bonds is 11. The second-order valence-corrected chi connectivity index (χ2v) is 11.0. The number of aldehydes is 1. The fourth-order valence-corrected chi connectivity index (χ4v) is 3.83. The molecule has 0 bridgehead atoms. The van der Waals surface area contributed by atoms with Crippen LogP contribution in [0.3, 0.4) is 0 Å². The summed E-state index contributed by atoms with van der Waals surface area (Å²) in [6.07, 6.45) is 0.722. The Kier molecular flexibility index (Phi) is 13.2. The third-order valence-electron chi connectivity index (χ3n) is 6.28. The van der Waals surface area contributed by atoms with Gasteiger partial charge in [-0.25, -0.2) is 14.4 Å². The Bertz CT molecular complexity index is 1690. The predicted molar refractivity (Wildman–Crippen MR) is 180 cm³/mol. The molecule has 8 nitrogen and oxygen atoms in total. The van der Waals surface area contributed by atoms with E-state index in [0.717, 1.165) is 11.8 Å². The van der Waals surface area contributed by atoms with Gasteiger partial charge in [-0.05, 0) is 92.3 Å². The van der Waals surface area contributed by atoms with E-state index in [1.807, 2.05) is 13.8 Å². The van der Waals surface area contributed by atoms with Crippen molar-refractivity contribution >= 4 is 24.2 Å². The van der Waals surface area contributed by atoms with Gasteiger partial charge in [0.05, 0.1) is 7.11 Å². The molecule has 3 rings (SSSR count). The number of benzene rings is 3. The maximum absolute atomic E-state index is 12.7. The maximum atomic E-state index is 12.7. The van der Waals surface area contributed by atoms with Gasteiger partial charge in [0.2, 0.25) is 0 Å². The molecule has 0 unspecified atom stereocenters. The number of esters is 3. The van der Waals surface area contributed by atoms with Crippen LogP contribution in [0.15, 0.2) is 103 Å². The first-order chi connectivity index (χ1) is 21.6. The average Bonchev–Trinajstić information content (AvgIpc) is 3.01. The first-order valence-electron chi connectivity index (χ1n) is 14.3. The minimum absolute atomic E-state index is 0.0270. The Morgan fingerprint density at radius 2 is 1.07 bits per heavy atom. The smallest absolute Gasteiger partial charge is 0.338 e. The lowest BCUT2D eigenvalue weighted by atomic mass is 9.90. The zero-order chi connectivity index (χ0) is 34.7. The highest BCUT2D eigenvalue weighted by Crippen LogP contribution is 2.44. The quantitative estimate of drug-likeness (QED) is 0.0907. The number of allylic oxidation sites excluding steroid dienone is 1. The van der Waals surface area contributed by atoms with Gasteiger partial charge in [0.1, 0.15) is 29.3 Å². The second kappa shape index (κ2) is 16.5. The molecule has 3 aromatic rings. The van der Waals surface area contributed by atoms with Gasteiger partial charge in [-0.15, -0.1) is 0 Å². The van der Waals surface area contributed by atoms with Gasteiger partial charge in [-0.3, -0.25) is 4.79 Å². The maximum Gasteiger partial charge on any atom is 0.338 e. The standard InChI is InChI=1S/C34H34O7.C4H6O/c1-19(2)27-16-25(39-32(35)20(3)4)14-15-26(27)29-18-30(40-33(36)21(5)6)28(17-31(29)41-34(37)22(7)8)23-10-12-24(38-9)13-11-23;1-4(2)3-5/h10-19H,3,5,7H2,1-2,4,6,8-9H3;3H,1H2,2H3. The molecule has 0 atom stereocenters. The molecule has 0 aromatic heterocycles. The van der Waals surface area contributed by atoms with Crippen LogP contribution < -0.4 is 18.9 Å². The first kappa shape index (κ1) is 36.7. The van der Waals surface area contributed by atoms with Crippen LogP contribution in [0.25, 0.3) is 22.3 Å². The molecule has 0 N–H and O–H groups in total. The highest BCUT2D eigenvalue weighted by atomic mass is 16.5. The van der Waals surface area contributed by atoms with Crippen molar-refractivity contribution in [1.29, 1.82) is 0 Å². The van der Waals surface area contributed by atoms with E-state index < -0.39 is 17.9 Å². The van der Waals surface area contributed by atoms with E-state index in [4.69, 9.17) is 18.9 Å². The van der Waals surface area contributed by atoms with E-state index in [0.29, 0.717) is 39.3 Å². The Balaban J connectivity index is 0.00000136. The number of carbonyl (C=O) groups excluding carboxylic acids is 4. The molecule has 240 valence electrons. The van der Waals surface area contributed by atoms with E-state index in [-0.39, 0.29) is 34.1 Å². The summed E-state index contributed by atoms with van der Waals surface area (Å²) in [6, 6.07) is 15.6. The highest BCUT2D eigenvalue weighted by Gasteiger charge is 2.23. The summed E-state index contributed by atoms with van der Waals surface area (Å²) < 4.78 is 22.3. The summed E-state index contributed by atoms with van der Waals surface area (Å²) in [5, 5.41) is 0. The van der Waals surface area contributed by atoms with Gasteiger partial charge < -0.3 is 18.9 Å². The summed E-state index contributed by atoms with van der Waals surface area (Å²) >= 11 is 0. The molecule has 0 aliphatic heterocycles. The molecule has 0 radical (unpaired) electrons. The van der Waals surface area contributed by atoms with Crippen LogP contribution in [0, 0.1) is 0 Å². The average molecular weight is 625 g/mol. The van der Waals surface area contributed by atoms with E-state index in [9.17, 15) is 19.2 Å². The van der Waals surface area contributed by atoms with Gasteiger partial charge >= 0.3 is 17.9 Å². The van der Waals surface area contributed by atoms with Crippen molar-refractivity contribution < 1.29 is 38.1 Å². The summed E-state index contributed by atoms with van der Waals surface area (Å²) in [4.78, 5) is 47.0. The van der Waals surface area contributed by atoms with Crippen LogP contribution in [0.2, 0.25) is 0 Å². The molecule has 0 heterocycles. The monoisotopic (exact) mass is 624 g/mol. The lowest BCUT2D eigenvalue weighted by Gasteiger charge is -2.20. The van der Waals surface area contributed by atoms with Crippen molar-refractivity contribution in [2.24, 2.45) is 0 Å². The van der Waals surface area contributed by atoms with E-state index >= 15 is 0 Å². The molecule has 3 aromatic carbocycles. The molecule has 0 saturated heterocycles. The molecular formula is C38H40O8. The summed E-state index contributed by atoms with van der Waals surface area (Å²) in [6.45, 7) is 24.6. The van der Waals surface area contributed by atoms with Gasteiger partial charge in [0.25, 0.3) is 0 Å². The van der Waals surface area contributed by atoms with Gasteiger partial charge in [0.15, 0.2) is 0 Å². The Morgan fingerprint density at radius 1 is 0.630 bits per heavy atom. The number of methoxy groups -OCH3 is 1. The summed E-state index contributed by atoms with van der Waals surface area (Å²) in [5.74, 6) is -0.334. The van der Waals surface area contributed by atoms with Crippen molar-refractivity contribution in [2.45, 2.75) is 47.5 Å². The second-order valence-electron chi connectivity index (χ2n) is 11.0. The zero-order valence-corrected chi connectivity index (χ0v) is 27.4. The van der Waals surface area contributed by atoms with Crippen LogP contribution >= 0.6 is 0 Å². The Hall–Kier alpha value is -5.50. The molecule has 0 spiro atoms. The summed E-state index contributed by atoms with van der Waals surface area (Å²) in [5.41, 5.74) is 4.46. The van der Waals surface area contributed by atoms with Crippen molar-refractivity contribution in [3.63, 3.8) is 0 Å². The van der Waals surface area contributed by atoms with Gasteiger partial charge in [0, 0.05) is 27.8 Å². The third kappa shape index (κ3) is 10.0. The molecule has 46 heavy (non-hydrogen) atoms. The van der Waals surface area contributed by atoms with Crippen molar-refractivity contribution in [2.75, 3.05) is 7.11 Å². The van der Waals surface area contributed by atoms with E-state index in [1.54, 1.807) is 89.4 Å². The zero-order valence-electron chi connectivity index (χ0n) is 27.4. The van der Waals surface area contributed by atoms with Crippen LogP contribution in [0.4, 0.5) is 0 Å². The van der Waals surface area contributed by atoms with Crippen LogP contribution in [0.5, 0.6) is 23.0 Å². The highest BCUT2D eigenvalue weighted by molar-refractivity contribution is 5.94. The van der Waals surface area contributed by atoms with Crippen molar-refractivity contribution in [3.8, 4) is 45.3 Å². The Morgan fingerprint density at radius 3 is 1.50 bits per heavy atom. The molecule has 0 saturated carbocycles. The third-order valence-corrected chi connectivity index (χ3v) is 6.28. The molecule has 8 heteroatoms. The van der Waals surface area contributed by atoms with Crippen LogP contribution in [-0.4, -0.2) is 31.3 Å². The molecule has 0 amide bonds. The van der Waals surface area contributed by atoms with E-state index in [1.165, 1.54) is 0 Å². The lowest BCUT2D eigenvalue weighted by Crippen LogP contribution is -2.12. The van der Waals surface area contributed by atoms with Gasteiger partial charge in [-0.2, -0.15) is 0 Å². The molecular weight excluding hydrogens is 584 g/mol. The number of hydrogen-bond acceptors (Lipinski definition) is 8. The Labute approximate surface area is 270 Å². The fraction of sp³-hybridized carbons (Fsp3) is 0.211. The summed E-state index contributed by atoms with van der Waals surface area (Å²) in [7, 11) is 1.57. The SMILES string of the molecule is C=C(C)C(=O)Oc1ccc(-c2cc(OC(=O)C(=C)C)c(-c3ccc(OC)cc3)cc2OC(=O)C(=C)C)c(C(C)C)c1.C=C(C)C=O. The van der Waals surface area contributed by atoms with E-state index in [2.05, 4.69) is 26.3 Å². The van der Waals surface area contributed by atoms with Crippen molar-refractivity contribution in [3.05, 3.63) is 109 Å². The normalized spacial score (nSPS) is 10.1. The molecule has 0 fully saturated rings. The fourth-order valence-electron chi connectivity index (χ4n) is 3.83. The van der Waals surface area contributed by atoms with Crippen LogP contribution in [-0.2, 0) is 19.2 Å². The van der Waals surface area contributed by atoms with Crippen molar-refractivity contribution in [1.82, 2.24) is 0 Å². The predicted octanol–water partition coefficient (Wildman–Crippen LogP) is 8.36. The number of ether oxygens (including phenoxy) is 4.